The van der Waals surface area contributed by atoms with Crippen molar-refractivity contribution < 1.29 is 22.0 Å². The second-order valence-corrected chi connectivity index (χ2v) is 8.43. The Labute approximate surface area is 157 Å². The molecule has 0 atom stereocenters. The maximum absolute atomic E-state index is 13.8. The Bertz CT molecular complexity index is 1020. The number of amides is 1. The standard InChI is InChI=1S/C16H10F2N2O3S3/c17-11-7-6-10(13(18)9-11)8-14-15(21)20(16(24)25-14)19-26(22,23)12-4-2-1-3-5-12/h1-9,19H/b14-8+. The zero-order valence-corrected chi connectivity index (χ0v) is 15.3. The third-order valence-corrected chi connectivity index (χ3v) is 5.93. The molecule has 1 amide bonds. The summed E-state index contributed by atoms with van der Waals surface area (Å²) in [5.74, 6) is -2.34. The molecule has 0 radical (unpaired) electrons. The van der Waals surface area contributed by atoms with Gasteiger partial charge in [0.25, 0.3) is 15.9 Å². The minimum absolute atomic E-state index is 0.0104. The van der Waals surface area contributed by atoms with E-state index < -0.39 is 27.6 Å². The Morgan fingerprint density at radius 3 is 2.46 bits per heavy atom. The molecule has 0 spiro atoms. The molecule has 1 fully saturated rings. The van der Waals surface area contributed by atoms with Gasteiger partial charge in [-0.1, -0.05) is 42.2 Å². The molecule has 10 heteroatoms. The highest BCUT2D eigenvalue weighted by atomic mass is 32.2. The van der Waals surface area contributed by atoms with Gasteiger partial charge in [-0.15, -0.1) is 4.83 Å². The molecule has 1 N–H and O–H groups in total. The number of hydrogen-bond donors (Lipinski definition) is 1. The molecule has 134 valence electrons. The summed E-state index contributed by atoms with van der Waals surface area (Å²) < 4.78 is 51.4. The van der Waals surface area contributed by atoms with E-state index in [1.165, 1.54) is 36.4 Å². The van der Waals surface area contributed by atoms with Crippen molar-refractivity contribution in [3.05, 3.63) is 70.6 Å². The van der Waals surface area contributed by atoms with E-state index in [0.717, 1.165) is 17.8 Å². The van der Waals surface area contributed by atoms with Crippen molar-refractivity contribution in [1.29, 1.82) is 0 Å². The molecule has 1 aliphatic heterocycles. The summed E-state index contributed by atoms with van der Waals surface area (Å²) in [4.78, 5) is 14.5. The Hall–Kier alpha value is -2.14. The summed E-state index contributed by atoms with van der Waals surface area (Å²) in [5.41, 5.74) is -0.0159. The SMILES string of the molecule is O=C1/C(=C\c2ccc(F)cc2F)SC(=S)N1NS(=O)(=O)c1ccccc1. The molecule has 26 heavy (non-hydrogen) atoms. The van der Waals surface area contributed by atoms with Crippen molar-refractivity contribution in [1.82, 2.24) is 9.84 Å². The first-order chi connectivity index (χ1) is 12.3. The first-order valence-electron chi connectivity index (χ1n) is 7.08. The zero-order valence-electron chi connectivity index (χ0n) is 12.8. The number of carbonyl (C=O) groups is 1. The number of carbonyl (C=O) groups excluding carboxylic acids is 1. The van der Waals surface area contributed by atoms with Crippen LogP contribution in [0.2, 0.25) is 0 Å². The Balaban J connectivity index is 1.86. The van der Waals surface area contributed by atoms with E-state index in [1.807, 2.05) is 0 Å². The van der Waals surface area contributed by atoms with Crippen LogP contribution < -0.4 is 4.83 Å². The summed E-state index contributed by atoms with van der Waals surface area (Å²) in [7, 11) is -4.02. The van der Waals surface area contributed by atoms with Gasteiger partial charge in [-0.3, -0.25) is 4.79 Å². The van der Waals surface area contributed by atoms with Gasteiger partial charge in [0.15, 0.2) is 4.32 Å². The monoisotopic (exact) mass is 412 g/mol. The highest BCUT2D eigenvalue weighted by Gasteiger charge is 2.35. The summed E-state index contributed by atoms with van der Waals surface area (Å²) >= 11 is 5.84. The molecule has 1 saturated heterocycles. The molecule has 5 nitrogen and oxygen atoms in total. The van der Waals surface area contributed by atoms with E-state index in [2.05, 4.69) is 4.83 Å². The van der Waals surface area contributed by atoms with Crippen LogP contribution in [-0.4, -0.2) is 23.7 Å². The van der Waals surface area contributed by atoms with Crippen LogP contribution in [0.25, 0.3) is 6.08 Å². The fourth-order valence-corrected chi connectivity index (χ4v) is 4.40. The smallest absolute Gasteiger partial charge is 0.267 e. The molecule has 2 aromatic rings. The molecule has 0 aliphatic carbocycles. The number of rotatable bonds is 4. The van der Waals surface area contributed by atoms with Crippen LogP contribution in [0.1, 0.15) is 5.56 Å². The van der Waals surface area contributed by atoms with Crippen LogP contribution in [0.4, 0.5) is 8.78 Å². The van der Waals surface area contributed by atoms with E-state index in [4.69, 9.17) is 12.2 Å². The molecular formula is C16H10F2N2O3S3. The predicted octanol–water partition coefficient (Wildman–Crippen LogP) is 3.06. The van der Waals surface area contributed by atoms with Crippen LogP contribution in [0, 0.1) is 11.6 Å². The van der Waals surface area contributed by atoms with Crippen LogP contribution >= 0.6 is 24.0 Å². The molecule has 0 bridgehead atoms. The van der Waals surface area contributed by atoms with Crippen LogP contribution in [0.5, 0.6) is 0 Å². The Kier molecular flexibility index (Phi) is 5.19. The lowest BCUT2D eigenvalue weighted by Crippen LogP contribution is -2.44. The number of halogens is 2. The van der Waals surface area contributed by atoms with Gasteiger partial charge in [-0.25, -0.2) is 22.2 Å². The number of sulfonamides is 1. The average molecular weight is 412 g/mol. The van der Waals surface area contributed by atoms with Crippen LogP contribution in [0.3, 0.4) is 0 Å². The van der Waals surface area contributed by atoms with Crippen molar-refractivity contribution >= 4 is 50.3 Å². The second kappa shape index (κ2) is 7.23. The van der Waals surface area contributed by atoms with Gasteiger partial charge in [0, 0.05) is 11.6 Å². The van der Waals surface area contributed by atoms with Crippen molar-refractivity contribution in [2.45, 2.75) is 4.90 Å². The normalized spacial score (nSPS) is 16.5. The number of hydrogen-bond acceptors (Lipinski definition) is 5. The molecule has 3 rings (SSSR count). The third kappa shape index (κ3) is 3.83. The Morgan fingerprint density at radius 2 is 1.81 bits per heavy atom. The fourth-order valence-electron chi connectivity index (χ4n) is 2.08. The van der Waals surface area contributed by atoms with Gasteiger partial charge in [0.1, 0.15) is 11.6 Å². The van der Waals surface area contributed by atoms with Gasteiger partial charge in [-0.05, 0) is 30.3 Å². The van der Waals surface area contributed by atoms with E-state index in [1.54, 1.807) is 6.07 Å². The molecule has 1 aliphatic rings. The zero-order chi connectivity index (χ0) is 18.9. The summed E-state index contributed by atoms with van der Waals surface area (Å²) in [6.07, 6.45) is 1.19. The lowest BCUT2D eigenvalue weighted by Gasteiger charge is -2.15. The van der Waals surface area contributed by atoms with Crippen molar-refractivity contribution in [2.24, 2.45) is 0 Å². The number of thiocarbonyl (C=S) groups is 1. The fraction of sp³-hybridized carbons (Fsp3) is 0. The minimum atomic E-state index is -4.02. The number of benzene rings is 2. The summed E-state index contributed by atoms with van der Waals surface area (Å²) in [6.45, 7) is 0. The van der Waals surface area contributed by atoms with Gasteiger partial charge < -0.3 is 0 Å². The van der Waals surface area contributed by atoms with E-state index in [9.17, 15) is 22.0 Å². The van der Waals surface area contributed by atoms with Gasteiger partial charge in [-0.2, -0.15) is 0 Å². The van der Waals surface area contributed by atoms with Crippen molar-refractivity contribution in [3.8, 4) is 0 Å². The molecule has 1 heterocycles. The molecule has 0 unspecified atom stereocenters. The quantitative estimate of drug-likeness (QED) is 0.618. The average Bonchev–Trinajstić information content (AvgIpc) is 2.85. The summed E-state index contributed by atoms with van der Waals surface area (Å²) in [6, 6.07) is 10.4. The second-order valence-electron chi connectivity index (χ2n) is 5.09. The van der Waals surface area contributed by atoms with Gasteiger partial charge >= 0.3 is 0 Å². The van der Waals surface area contributed by atoms with Crippen LogP contribution in [0.15, 0.2) is 58.3 Å². The van der Waals surface area contributed by atoms with Crippen molar-refractivity contribution in [2.75, 3.05) is 0 Å². The first kappa shape index (κ1) is 18.6. The molecule has 0 aromatic heterocycles. The molecule has 2 aromatic carbocycles. The third-order valence-electron chi connectivity index (χ3n) is 3.31. The first-order valence-corrected chi connectivity index (χ1v) is 9.79. The minimum Gasteiger partial charge on any atom is -0.267 e. The highest BCUT2D eigenvalue weighted by molar-refractivity contribution is 8.26. The number of nitrogens with one attached hydrogen (secondary N) is 1. The lowest BCUT2D eigenvalue weighted by molar-refractivity contribution is -0.123. The maximum atomic E-state index is 13.8. The van der Waals surface area contributed by atoms with E-state index in [-0.39, 0.29) is 19.7 Å². The number of hydrazine groups is 1. The molecule has 0 saturated carbocycles. The predicted molar refractivity (Wildman–Crippen MR) is 98.1 cm³/mol. The van der Waals surface area contributed by atoms with Gasteiger partial charge in [0.05, 0.1) is 9.80 Å². The topological polar surface area (TPSA) is 66.5 Å². The van der Waals surface area contributed by atoms with Gasteiger partial charge in [0.2, 0.25) is 0 Å². The largest absolute Gasteiger partial charge is 0.281 e. The summed E-state index contributed by atoms with van der Waals surface area (Å²) in [5, 5.41) is 0.704. The van der Waals surface area contributed by atoms with E-state index >= 15 is 0 Å². The lowest BCUT2D eigenvalue weighted by atomic mass is 10.2. The van der Waals surface area contributed by atoms with Crippen LogP contribution in [-0.2, 0) is 14.8 Å². The number of nitrogens with zero attached hydrogens (tertiary/aromatic N) is 1. The molecular weight excluding hydrogens is 402 g/mol. The van der Waals surface area contributed by atoms with E-state index in [0.29, 0.717) is 11.1 Å². The number of thioether (sulfide) groups is 1. The van der Waals surface area contributed by atoms with Crippen molar-refractivity contribution in [3.63, 3.8) is 0 Å². The Morgan fingerprint density at radius 1 is 1.12 bits per heavy atom. The highest BCUT2D eigenvalue weighted by Crippen LogP contribution is 2.32. The maximum Gasteiger partial charge on any atom is 0.281 e.